The Morgan fingerprint density at radius 3 is 2.22 bits per heavy atom. The molecule has 0 unspecified atom stereocenters. The van der Waals surface area contributed by atoms with Crippen LogP contribution in [0.5, 0.6) is 5.75 Å². The second kappa shape index (κ2) is 7.06. The van der Waals surface area contributed by atoms with E-state index in [4.69, 9.17) is 15.6 Å². The van der Waals surface area contributed by atoms with Crippen molar-refractivity contribution in [3.05, 3.63) is 64.7 Å². The lowest BCUT2D eigenvalue weighted by Crippen LogP contribution is -2.36. The number of aliphatic hydroxyl groups excluding tert-OH is 1. The molecule has 0 amide bonds. The van der Waals surface area contributed by atoms with Gasteiger partial charge in [-0.25, -0.2) is 8.78 Å². The lowest BCUT2D eigenvalue weighted by molar-refractivity contribution is -0.0712. The number of aryl methyl sites for hydroxylation is 2. The van der Waals surface area contributed by atoms with E-state index in [0.29, 0.717) is 12.4 Å². The highest BCUT2D eigenvalue weighted by atomic mass is 19.3. The van der Waals surface area contributed by atoms with Crippen LogP contribution in [-0.2, 0) is 6.61 Å². The van der Waals surface area contributed by atoms with Crippen molar-refractivity contribution in [1.82, 2.24) is 0 Å². The third-order valence-electron chi connectivity index (χ3n) is 3.73. The third-order valence-corrected chi connectivity index (χ3v) is 3.73. The van der Waals surface area contributed by atoms with Crippen LogP contribution in [0.2, 0.25) is 0 Å². The van der Waals surface area contributed by atoms with E-state index in [2.05, 4.69) is 0 Å². The van der Waals surface area contributed by atoms with E-state index in [1.807, 2.05) is 30.3 Å². The number of hydrogen-bond donors (Lipinski definition) is 2. The van der Waals surface area contributed by atoms with Crippen LogP contribution in [0, 0.1) is 13.8 Å². The van der Waals surface area contributed by atoms with E-state index in [1.165, 1.54) is 0 Å². The number of ether oxygens (including phenoxy) is 1. The number of halogens is 2. The lowest BCUT2D eigenvalue weighted by Gasteiger charge is -2.23. The summed E-state index contributed by atoms with van der Waals surface area (Å²) in [5.41, 5.74) is 8.37. The Morgan fingerprint density at radius 2 is 1.70 bits per heavy atom. The summed E-state index contributed by atoms with van der Waals surface area (Å²) in [5, 5.41) is 8.77. The predicted molar refractivity (Wildman–Crippen MR) is 85.7 cm³/mol. The van der Waals surface area contributed by atoms with Gasteiger partial charge in [-0.05, 0) is 36.1 Å². The maximum atomic E-state index is 13.6. The highest BCUT2D eigenvalue weighted by Gasteiger charge is 2.37. The predicted octanol–water partition coefficient (Wildman–Crippen LogP) is 3.51. The SMILES string of the molecule is Cc1cc([C@H](N)C(F)(F)CO)cc(C)c1OCc1ccccc1. The third kappa shape index (κ3) is 4.06. The van der Waals surface area contributed by atoms with Crippen LogP contribution in [0.1, 0.15) is 28.3 Å². The zero-order chi connectivity index (χ0) is 17.0. The molecule has 1 atom stereocenters. The van der Waals surface area contributed by atoms with Crippen molar-refractivity contribution in [2.45, 2.75) is 32.4 Å². The summed E-state index contributed by atoms with van der Waals surface area (Å²) >= 11 is 0. The first kappa shape index (κ1) is 17.4. The van der Waals surface area contributed by atoms with Gasteiger partial charge >= 0.3 is 0 Å². The van der Waals surface area contributed by atoms with E-state index in [-0.39, 0.29) is 5.56 Å². The molecular formula is C18H21F2NO2. The monoisotopic (exact) mass is 321 g/mol. The van der Waals surface area contributed by atoms with Crippen molar-refractivity contribution in [2.24, 2.45) is 5.73 Å². The molecule has 3 nitrogen and oxygen atoms in total. The molecule has 0 radical (unpaired) electrons. The van der Waals surface area contributed by atoms with Crippen molar-refractivity contribution in [2.75, 3.05) is 6.61 Å². The zero-order valence-electron chi connectivity index (χ0n) is 13.2. The standard InChI is InChI=1S/C18H21F2NO2/c1-12-8-15(17(21)18(19,20)11-22)9-13(2)16(12)23-10-14-6-4-3-5-7-14/h3-9,17,22H,10-11,21H2,1-2H3/t17-/m0/s1. The maximum absolute atomic E-state index is 13.6. The molecule has 0 aliphatic rings. The Bertz CT molecular complexity index is 636. The molecule has 0 spiro atoms. The fraction of sp³-hybridized carbons (Fsp3) is 0.333. The number of hydrogen-bond acceptors (Lipinski definition) is 3. The van der Waals surface area contributed by atoms with E-state index < -0.39 is 18.6 Å². The fourth-order valence-electron chi connectivity index (χ4n) is 2.46. The summed E-state index contributed by atoms with van der Waals surface area (Å²) in [7, 11) is 0. The van der Waals surface area contributed by atoms with Crippen molar-refractivity contribution < 1.29 is 18.6 Å². The van der Waals surface area contributed by atoms with Gasteiger partial charge < -0.3 is 15.6 Å². The van der Waals surface area contributed by atoms with Crippen LogP contribution >= 0.6 is 0 Å². The molecule has 2 aromatic rings. The van der Waals surface area contributed by atoms with Crippen LogP contribution in [-0.4, -0.2) is 17.6 Å². The zero-order valence-corrected chi connectivity index (χ0v) is 13.2. The number of nitrogens with two attached hydrogens (primary N) is 1. The van der Waals surface area contributed by atoms with Gasteiger partial charge in [0, 0.05) is 0 Å². The highest BCUT2D eigenvalue weighted by Crippen LogP contribution is 2.33. The Morgan fingerprint density at radius 1 is 1.13 bits per heavy atom. The first-order chi connectivity index (χ1) is 10.8. The smallest absolute Gasteiger partial charge is 0.289 e. The summed E-state index contributed by atoms with van der Waals surface area (Å²) in [4.78, 5) is 0. The molecule has 0 bridgehead atoms. The average molecular weight is 321 g/mol. The summed E-state index contributed by atoms with van der Waals surface area (Å²) in [6.45, 7) is 2.71. The molecule has 0 aliphatic carbocycles. The topological polar surface area (TPSA) is 55.5 Å². The number of rotatable bonds is 6. The minimum absolute atomic E-state index is 0.283. The van der Waals surface area contributed by atoms with E-state index in [0.717, 1.165) is 16.7 Å². The Labute approximate surface area is 134 Å². The van der Waals surface area contributed by atoms with E-state index in [1.54, 1.807) is 26.0 Å². The van der Waals surface area contributed by atoms with Gasteiger partial charge in [0.1, 0.15) is 19.0 Å². The number of aliphatic hydroxyl groups is 1. The minimum atomic E-state index is -3.36. The molecule has 0 aromatic heterocycles. The summed E-state index contributed by atoms with van der Waals surface area (Å²) in [6.07, 6.45) is 0. The van der Waals surface area contributed by atoms with Gasteiger partial charge in [-0.15, -0.1) is 0 Å². The molecule has 3 N–H and O–H groups in total. The maximum Gasteiger partial charge on any atom is 0.289 e. The molecular weight excluding hydrogens is 300 g/mol. The Hall–Kier alpha value is -1.98. The first-order valence-electron chi connectivity index (χ1n) is 7.37. The molecule has 0 heterocycles. The van der Waals surface area contributed by atoms with Crippen LogP contribution in [0.3, 0.4) is 0 Å². The number of benzene rings is 2. The molecule has 124 valence electrons. The van der Waals surface area contributed by atoms with Gasteiger partial charge in [-0.1, -0.05) is 42.5 Å². The average Bonchev–Trinajstić information content (AvgIpc) is 2.54. The van der Waals surface area contributed by atoms with Crippen LogP contribution in [0.15, 0.2) is 42.5 Å². The molecule has 0 aliphatic heterocycles. The summed E-state index contributed by atoms with van der Waals surface area (Å²) < 4.78 is 32.9. The molecule has 0 saturated carbocycles. The van der Waals surface area contributed by atoms with Crippen LogP contribution < -0.4 is 10.5 Å². The van der Waals surface area contributed by atoms with Crippen molar-refractivity contribution in [3.8, 4) is 5.75 Å². The first-order valence-corrected chi connectivity index (χ1v) is 7.37. The largest absolute Gasteiger partial charge is 0.488 e. The van der Waals surface area contributed by atoms with Crippen molar-refractivity contribution in [1.29, 1.82) is 0 Å². The van der Waals surface area contributed by atoms with Crippen molar-refractivity contribution in [3.63, 3.8) is 0 Å². The molecule has 5 heteroatoms. The molecule has 2 aromatic carbocycles. The quantitative estimate of drug-likeness (QED) is 0.856. The van der Waals surface area contributed by atoms with Gasteiger partial charge in [0.25, 0.3) is 5.92 Å². The molecule has 0 saturated heterocycles. The second-order valence-corrected chi connectivity index (χ2v) is 5.65. The van der Waals surface area contributed by atoms with Crippen LogP contribution in [0.25, 0.3) is 0 Å². The van der Waals surface area contributed by atoms with Gasteiger partial charge in [-0.3, -0.25) is 0 Å². The molecule has 0 fully saturated rings. The molecule has 23 heavy (non-hydrogen) atoms. The molecule has 2 rings (SSSR count). The normalized spacial score (nSPS) is 13.0. The highest BCUT2D eigenvalue weighted by molar-refractivity contribution is 5.44. The minimum Gasteiger partial charge on any atom is -0.488 e. The van der Waals surface area contributed by atoms with Crippen LogP contribution in [0.4, 0.5) is 8.78 Å². The summed E-state index contributed by atoms with van der Waals surface area (Å²) in [6, 6.07) is 11.3. The van der Waals surface area contributed by atoms with Crippen molar-refractivity contribution >= 4 is 0 Å². The van der Waals surface area contributed by atoms with E-state index in [9.17, 15) is 8.78 Å². The summed E-state index contributed by atoms with van der Waals surface area (Å²) in [5.74, 6) is -2.69. The Kier molecular flexibility index (Phi) is 5.34. The van der Waals surface area contributed by atoms with Gasteiger partial charge in [0.15, 0.2) is 0 Å². The lowest BCUT2D eigenvalue weighted by atomic mass is 9.97. The fourth-order valence-corrected chi connectivity index (χ4v) is 2.46. The number of alkyl halides is 2. The van der Waals surface area contributed by atoms with Gasteiger partial charge in [0.2, 0.25) is 0 Å². The Balaban J connectivity index is 2.20. The van der Waals surface area contributed by atoms with Gasteiger partial charge in [-0.2, -0.15) is 0 Å². The second-order valence-electron chi connectivity index (χ2n) is 5.65. The van der Waals surface area contributed by atoms with E-state index >= 15 is 0 Å². The van der Waals surface area contributed by atoms with Gasteiger partial charge in [0.05, 0.1) is 6.04 Å².